The van der Waals surface area contributed by atoms with E-state index in [0.29, 0.717) is 13.0 Å². The van der Waals surface area contributed by atoms with E-state index in [2.05, 4.69) is 5.32 Å². The van der Waals surface area contributed by atoms with E-state index in [4.69, 9.17) is 0 Å². The van der Waals surface area contributed by atoms with Gasteiger partial charge in [0.15, 0.2) is 0 Å². The minimum Gasteiger partial charge on any atom is -0.748 e. The predicted octanol–water partition coefficient (Wildman–Crippen LogP) is -1.98. The molecule has 5 nitrogen and oxygen atoms in total. The van der Waals surface area contributed by atoms with Crippen LogP contribution in [0.25, 0.3) is 0 Å². The first-order valence-electron chi connectivity index (χ1n) is 5.71. The maximum atomic E-state index is 11.4. The van der Waals surface area contributed by atoms with Crippen molar-refractivity contribution >= 4 is 16.0 Å². The molecule has 0 atom stereocenters. The van der Waals surface area contributed by atoms with Crippen molar-refractivity contribution in [2.24, 2.45) is 0 Å². The molecule has 0 radical (unpaired) electrons. The molecule has 0 saturated heterocycles. The molecule has 0 spiro atoms. The summed E-state index contributed by atoms with van der Waals surface area (Å²) in [5.74, 6) is -0.541. The number of benzene rings is 1. The average molecular weight is 293 g/mol. The molecular formula is C12H16NNaO4S. The minimum absolute atomic E-state index is 0. The number of hydrogen-bond donors (Lipinski definition) is 1. The summed E-state index contributed by atoms with van der Waals surface area (Å²) in [7, 11) is -4.16. The Labute approximate surface area is 135 Å². The Morgan fingerprint density at radius 2 is 1.79 bits per heavy atom. The molecule has 0 bridgehead atoms. The molecule has 1 rings (SSSR count). The van der Waals surface area contributed by atoms with Gasteiger partial charge in [-0.1, -0.05) is 30.3 Å². The summed E-state index contributed by atoms with van der Waals surface area (Å²) < 4.78 is 31.0. The second-order valence-electron chi connectivity index (χ2n) is 3.98. The summed E-state index contributed by atoms with van der Waals surface area (Å²) in [6.07, 6.45) is 0.870. The largest absolute Gasteiger partial charge is 1.00 e. The van der Waals surface area contributed by atoms with Crippen LogP contribution in [-0.2, 0) is 21.5 Å². The van der Waals surface area contributed by atoms with E-state index in [-0.39, 0.29) is 48.3 Å². The van der Waals surface area contributed by atoms with Crippen LogP contribution in [0.4, 0.5) is 0 Å². The maximum absolute atomic E-state index is 11.4. The van der Waals surface area contributed by atoms with Gasteiger partial charge in [0.2, 0.25) is 5.91 Å². The van der Waals surface area contributed by atoms with Crippen molar-refractivity contribution in [1.82, 2.24) is 5.32 Å². The van der Waals surface area contributed by atoms with Crippen LogP contribution in [0.3, 0.4) is 0 Å². The molecule has 1 aromatic carbocycles. The number of unbranched alkanes of at least 4 members (excludes halogenated alkanes) is 1. The van der Waals surface area contributed by atoms with Crippen LogP contribution in [0.15, 0.2) is 30.3 Å². The molecule has 0 aliphatic heterocycles. The molecule has 0 heterocycles. The van der Waals surface area contributed by atoms with Crippen LogP contribution < -0.4 is 34.9 Å². The molecule has 0 aliphatic carbocycles. The van der Waals surface area contributed by atoms with Crippen LogP contribution >= 0.6 is 0 Å². The van der Waals surface area contributed by atoms with Gasteiger partial charge in [0, 0.05) is 18.7 Å². The topological polar surface area (TPSA) is 86.3 Å². The number of amides is 1. The predicted molar refractivity (Wildman–Crippen MR) is 66.7 cm³/mol. The van der Waals surface area contributed by atoms with Gasteiger partial charge < -0.3 is 9.87 Å². The molecule has 0 unspecified atom stereocenters. The quantitative estimate of drug-likeness (QED) is 0.359. The Hall–Kier alpha value is -0.400. The van der Waals surface area contributed by atoms with E-state index < -0.39 is 15.9 Å². The van der Waals surface area contributed by atoms with E-state index in [9.17, 15) is 17.8 Å². The normalized spacial score (nSPS) is 10.6. The molecule has 1 amide bonds. The number of nitrogens with one attached hydrogen (secondary N) is 1. The van der Waals surface area contributed by atoms with Gasteiger partial charge in [0.1, 0.15) is 0 Å². The number of carbonyl (C=O) groups is 1. The van der Waals surface area contributed by atoms with E-state index in [1.807, 2.05) is 30.3 Å². The zero-order valence-corrected chi connectivity index (χ0v) is 13.8. The Morgan fingerprint density at radius 1 is 1.16 bits per heavy atom. The molecule has 1 aromatic rings. The fraction of sp³-hybridized carbons (Fsp3) is 0.417. The van der Waals surface area contributed by atoms with Gasteiger partial charge >= 0.3 is 29.6 Å². The van der Waals surface area contributed by atoms with E-state index in [1.165, 1.54) is 0 Å². The van der Waals surface area contributed by atoms with E-state index >= 15 is 0 Å². The molecule has 0 fully saturated rings. The van der Waals surface area contributed by atoms with Crippen molar-refractivity contribution in [2.45, 2.75) is 25.8 Å². The fourth-order valence-electron chi connectivity index (χ4n) is 1.45. The second kappa shape index (κ2) is 9.50. The first-order valence-corrected chi connectivity index (χ1v) is 7.29. The molecule has 1 N–H and O–H groups in total. The van der Waals surface area contributed by atoms with Gasteiger partial charge in [0.05, 0.1) is 10.1 Å². The van der Waals surface area contributed by atoms with E-state index in [1.54, 1.807) is 0 Å². The summed E-state index contributed by atoms with van der Waals surface area (Å²) >= 11 is 0. The van der Waals surface area contributed by atoms with Crippen molar-refractivity contribution in [3.8, 4) is 0 Å². The fourth-order valence-corrected chi connectivity index (χ4v) is 2.01. The summed E-state index contributed by atoms with van der Waals surface area (Å²) in [6, 6.07) is 9.49. The standard InChI is InChI=1S/C12H17NO4S.Na/c14-12(8-4-5-9-18(15,16)17)13-10-11-6-2-1-3-7-11;/h1-3,6-7H,4-5,8-10H2,(H,13,14)(H,15,16,17);/q;+1/p-1. The zero-order valence-electron chi connectivity index (χ0n) is 11.0. The molecule has 0 aromatic heterocycles. The van der Waals surface area contributed by atoms with E-state index in [0.717, 1.165) is 5.56 Å². The second-order valence-corrected chi connectivity index (χ2v) is 5.50. The van der Waals surface area contributed by atoms with Gasteiger partial charge in [-0.05, 0) is 18.4 Å². The third kappa shape index (κ3) is 10.1. The average Bonchev–Trinajstić information content (AvgIpc) is 2.32. The molecule has 19 heavy (non-hydrogen) atoms. The Bertz CT molecular complexity index is 476. The maximum Gasteiger partial charge on any atom is 1.00 e. The molecule has 0 saturated carbocycles. The SMILES string of the molecule is O=C(CCCCS(=O)(=O)[O-])NCc1ccccc1.[Na+]. The van der Waals surface area contributed by atoms with Gasteiger partial charge in [-0.3, -0.25) is 4.79 Å². The van der Waals surface area contributed by atoms with Crippen molar-refractivity contribution in [1.29, 1.82) is 0 Å². The van der Waals surface area contributed by atoms with Crippen LogP contribution in [0.1, 0.15) is 24.8 Å². The van der Waals surface area contributed by atoms with Gasteiger partial charge in [-0.2, -0.15) is 0 Å². The van der Waals surface area contributed by atoms with Gasteiger partial charge in [0.25, 0.3) is 0 Å². The number of carbonyl (C=O) groups excluding carboxylic acids is 1. The van der Waals surface area contributed by atoms with Crippen molar-refractivity contribution < 1.29 is 47.3 Å². The third-order valence-electron chi connectivity index (χ3n) is 2.38. The summed E-state index contributed by atoms with van der Waals surface area (Å²) in [5.41, 5.74) is 1.01. The summed E-state index contributed by atoms with van der Waals surface area (Å²) in [4.78, 5) is 11.4. The van der Waals surface area contributed by atoms with Gasteiger partial charge in [-0.25, -0.2) is 8.42 Å². The summed E-state index contributed by atoms with van der Waals surface area (Å²) in [6.45, 7) is 0.458. The van der Waals surface area contributed by atoms with Crippen molar-refractivity contribution in [2.75, 3.05) is 5.75 Å². The zero-order chi connectivity index (χ0) is 13.4. The molecular weight excluding hydrogens is 277 g/mol. The monoisotopic (exact) mass is 293 g/mol. The van der Waals surface area contributed by atoms with Crippen LogP contribution in [0.5, 0.6) is 0 Å². The first-order chi connectivity index (χ1) is 8.47. The molecule has 7 heteroatoms. The minimum atomic E-state index is -4.16. The third-order valence-corrected chi connectivity index (χ3v) is 3.17. The first kappa shape index (κ1) is 18.6. The molecule has 0 aliphatic rings. The van der Waals surface area contributed by atoms with Crippen LogP contribution in [0.2, 0.25) is 0 Å². The smallest absolute Gasteiger partial charge is 0.748 e. The van der Waals surface area contributed by atoms with Crippen molar-refractivity contribution in [3.05, 3.63) is 35.9 Å². The summed E-state index contributed by atoms with van der Waals surface area (Å²) in [5, 5.41) is 2.73. The Morgan fingerprint density at radius 3 is 2.37 bits per heavy atom. The van der Waals surface area contributed by atoms with Crippen molar-refractivity contribution in [3.63, 3.8) is 0 Å². The van der Waals surface area contributed by atoms with Crippen LogP contribution in [0, 0.1) is 0 Å². The van der Waals surface area contributed by atoms with Gasteiger partial charge in [-0.15, -0.1) is 0 Å². The number of rotatable bonds is 7. The Balaban J connectivity index is 0.00000324. The van der Waals surface area contributed by atoms with Crippen LogP contribution in [-0.4, -0.2) is 24.6 Å². The molecule has 100 valence electrons. The Kier molecular flexibility index (Phi) is 9.30. The number of hydrogen-bond acceptors (Lipinski definition) is 4.